The summed E-state index contributed by atoms with van der Waals surface area (Å²) in [5.74, 6) is -0.573. The highest BCUT2D eigenvalue weighted by Crippen LogP contribution is 2.31. The van der Waals surface area contributed by atoms with Gasteiger partial charge in [0.1, 0.15) is 6.04 Å². The van der Waals surface area contributed by atoms with E-state index in [0.717, 1.165) is 10.5 Å². The topological polar surface area (TPSA) is 20.3 Å². The van der Waals surface area contributed by atoms with E-state index in [0.29, 0.717) is 12.8 Å². The number of carbonyl (C=O) groups excluding carboxylic acids is 1. The van der Waals surface area contributed by atoms with E-state index < -0.39 is 18.1 Å². The number of likely N-dealkylation sites (tertiary alicyclic amines) is 1. The van der Waals surface area contributed by atoms with Gasteiger partial charge in [-0.05, 0) is 30.9 Å². The van der Waals surface area contributed by atoms with E-state index in [4.69, 9.17) is 0 Å². The van der Waals surface area contributed by atoms with Crippen molar-refractivity contribution in [2.75, 3.05) is 6.54 Å². The zero-order valence-corrected chi connectivity index (χ0v) is 10.9. The predicted molar refractivity (Wildman–Crippen MR) is 70.9 cm³/mol. The Morgan fingerprint density at radius 2 is 1.90 bits per heavy atom. The van der Waals surface area contributed by atoms with Crippen molar-refractivity contribution in [1.29, 1.82) is 0 Å². The minimum atomic E-state index is -4.35. The van der Waals surface area contributed by atoms with Crippen LogP contribution in [0.25, 0.3) is 6.08 Å². The van der Waals surface area contributed by atoms with Crippen LogP contribution < -0.4 is 0 Å². The number of piperidine rings is 1. The van der Waals surface area contributed by atoms with Crippen LogP contribution in [-0.2, 0) is 4.79 Å². The highest BCUT2D eigenvalue weighted by atomic mass is 19.4. The van der Waals surface area contributed by atoms with Gasteiger partial charge < -0.3 is 4.90 Å². The number of alkyl halides is 3. The molecule has 108 valence electrons. The Morgan fingerprint density at radius 3 is 2.55 bits per heavy atom. The summed E-state index contributed by atoms with van der Waals surface area (Å²) in [4.78, 5) is 12.9. The molecule has 0 spiro atoms. The molecule has 0 radical (unpaired) electrons. The number of benzene rings is 1. The molecule has 1 saturated heterocycles. The van der Waals surface area contributed by atoms with Gasteiger partial charge in [-0.2, -0.15) is 13.2 Å². The van der Waals surface area contributed by atoms with Crippen molar-refractivity contribution in [2.24, 2.45) is 0 Å². The highest BCUT2D eigenvalue weighted by molar-refractivity contribution is 5.92. The second-order valence-electron chi connectivity index (χ2n) is 4.83. The van der Waals surface area contributed by atoms with Crippen LogP contribution in [0.3, 0.4) is 0 Å². The Labute approximate surface area is 115 Å². The van der Waals surface area contributed by atoms with Crippen LogP contribution in [0.2, 0.25) is 0 Å². The van der Waals surface area contributed by atoms with Crippen molar-refractivity contribution in [3.63, 3.8) is 0 Å². The second kappa shape index (κ2) is 6.11. The number of hydrogen-bond donors (Lipinski definition) is 0. The van der Waals surface area contributed by atoms with Crippen LogP contribution in [-0.4, -0.2) is 29.6 Å². The molecule has 1 heterocycles. The van der Waals surface area contributed by atoms with Crippen LogP contribution >= 0.6 is 0 Å². The van der Waals surface area contributed by atoms with Crippen molar-refractivity contribution in [3.8, 4) is 0 Å². The first-order valence-electron chi connectivity index (χ1n) is 6.59. The fourth-order valence-corrected chi connectivity index (χ4v) is 2.36. The molecule has 20 heavy (non-hydrogen) atoms. The Hall–Kier alpha value is -1.78. The quantitative estimate of drug-likeness (QED) is 0.759. The largest absolute Gasteiger partial charge is 0.408 e. The second-order valence-corrected chi connectivity index (χ2v) is 4.83. The molecule has 1 aliphatic heterocycles. The number of amides is 1. The summed E-state index contributed by atoms with van der Waals surface area (Å²) in [5.41, 5.74) is 0.793. The third kappa shape index (κ3) is 3.62. The monoisotopic (exact) mass is 283 g/mol. The summed E-state index contributed by atoms with van der Waals surface area (Å²) in [5, 5.41) is 0. The first kappa shape index (κ1) is 14.6. The lowest BCUT2D eigenvalue weighted by molar-refractivity contribution is -0.193. The van der Waals surface area contributed by atoms with E-state index in [1.165, 1.54) is 6.08 Å². The lowest BCUT2D eigenvalue weighted by Gasteiger charge is -2.36. The van der Waals surface area contributed by atoms with Crippen molar-refractivity contribution in [2.45, 2.75) is 31.5 Å². The van der Waals surface area contributed by atoms with Gasteiger partial charge in [0.05, 0.1) is 0 Å². The third-order valence-corrected chi connectivity index (χ3v) is 3.38. The van der Waals surface area contributed by atoms with Gasteiger partial charge in [-0.1, -0.05) is 30.3 Å². The molecule has 2 rings (SSSR count). The molecule has 0 aromatic heterocycles. The maximum atomic E-state index is 12.9. The maximum absolute atomic E-state index is 12.9. The molecule has 5 heteroatoms. The Bertz CT molecular complexity index is 482. The van der Waals surface area contributed by atoms with Crippen molar-refractivity contribution < 1.29 is 18.0 Å². The first-order valence-corrected chi connectivity index (χ1v) is 6.59. The van der Waals surface area contributed by atoms with E-state index in [-0.39, 0.29) is 13.0 Å². The SMILES string of the molecule is O=C(/C=C/c1ccccc1)N1CCCC[C@@H]1C(F)(F)F. The summed E-state index contributed by atoms with van der Waals surface area (Å²) in [7, 11) is 0. The summed E-state index contributed by atoms with van der Waals surface area (Å²) >= 11 is 0. The molecule has 2 nitrogen and oxygen atoms in total. The molecule has 1 fully saturated rings. The van der Waals surface area contributed by atoms with Crippen LogP contribution in [0, 0.1) is 0 Å². The fraction of sp³-hybridized carbons (Fsp3) is 0.400. The maximum Gasteiger partial charge on any atom is 0.408 e. The smallest absolute Gasteiger partial charge is 0.327 e. The zero-order chi connectivity index (χ0) is 14.6. The van der Waals surface area contributed by atoms with Gasteiger partial charge in [0.25, 0.3) is 0 Å². The number of nitrogens with zero attached hydrogens (tertiary/aromatic N) is 1. The molecule has 1 amide bonds. The Morgan fingerprint density at radius 1 is 1.20 bits per heavy atom. The molecule has 1 aromatic carbocycles. The predicted octanol–water partition coefficient (Wildman–Crippen LogP) is 3.64. The van der Waals surface area contributed by atoms with E-state index in [1.54, 1.807) is 18.2 Å². The Kier molecular flexibility index (Phi) is 4.47. The number of rotatable bonds is 2. The molecule has 0 saturated carbocycles. The highest BCUT2D eigenvalue weighted by Gasteiger charge is 2.45. The first-order chi connectivity index (χ1) is 9.48. The molecular weight excluding hydrogens is 267 g/mol. The summed E-state index contributed by atoms with van der Waals surface area (Å²) < 4.78 is 38.7. The van der Waals surface area contributed by atoms with E-state index in [2.05, 4.69) is 0 Å². The van der Waals surface area contributed by atoms with Gasteiger partial charge >= 0.3 is 6.18 Å². The molecule has 0 aliphatic carbocycles. The minimum Gasteiger partial charge on any atom is -0.327 e. The molecule has 1 aromatic rings. The van der Waals surface area contributed by atoms with Crippen LogP contribution in [0.15, 0.2) is 36.4 Å². The minimum absolute atomic E-state index is 0.00554. The average molecular weight is 283 g/mol. The molecule has 0 unspecified atom stereocenters. The summed E-state index contributed by atoms with van der Waals surface area (Å²) in [6.07, 6.45) is -0.456. The lowest BCUT2D eigenvalue weighted by atomic mass is 10.0. The van der Waals surface area contributed by atoms with Crippen LogP contribution in [0.1, 0.15) is 24.8 Å². The van der Waals surface area contributed by atoms with E-state index >= 15 is 0 Å². The average Bonchev–Trinajstić information content (AvgIpc) is 2.45. The van der Waals surface area contributed by atoms with Crippen molar-refractivity contribution in [3.05, 3.63) is 42.0 Å². The number of carbonyl (C=O) groups is 1. The van der Waals surface area contributed by atoms with Crippen LogP contribution in [0.5, 0.6) is 0 Å². The normalized spacial score (nSPS) is 20.4. The van der Waals surface area contributed by atoms with Crippen molar-refractivity contribution in [1.82, 2.24) is 4.90 Å². The molecule has 1 aliphatic rings. The number of halogens is 3. The van der Waals surface area contributed by atoms with E-state index in [1.807, 2.05) is 18.2 Å². The molecule has 0 bridgehead atoms. The van der Waals surface area contributed by atoms with Gasteiger partial charge in [-0.3, -0.25) is 4.79 Å². The molecule has 0 N–H and O–H groups in total. The lowest BCUT2D eigenvalue weighted by Crippen LogP contribution is -2.50. The van der Waals surface area contributed by atoms with Crippen LogP contribution in [0.4, 0.5) is 13.2 Å². The molecule has 1 atom stereocenters. The Balaban J connectivity index is 2.09. The standard InChI is InChI=1S/C15H16F3NO/c16-15(17,18)13-8-4-5-11-19(13)14(20)10-9-12-6-2-1-3-7-12/h1-3,6-7,9-10,13H,4-5,8,11H2/b10-9+/t13-/m1/s1. The zero-order valence-electron chi connectivity index (χ0n) is 10.9. The van der Waals surface area contributed by atoms with Gasteiger partial charge in [-0.25, -0.2) is 0 Å². The van der Waals surface area contributed by atoms with Gasteiger partial charge in [0, 0.05) is 12.6 Å². The van der Waals surface area contributed by atoms with E-state index in [9.17, 15) is 18.0 Å². The summed E-state index contributed by atoms with van der Waals surface area (Å²) in [6.45, 7) is 0.169. The summed E-state index contributed by atoms with van der Waals surface area (Å²) in [6, 6.07) is 7.39. The van der Waals surface area contributed by atoms with Gasteiger partial charge in [0.15, 0.2) is 0 Å². The third-order valence-electron chi connectivity index (χ3n) is 3.38. The van der Waals surface area contributed by atoms with Gasteiger partial charge in [-0.15, -0.1) is 0 Å². The number of hydrogen-bond acceptors (Lipinski definition) is 1. The van der Waals surface area contributed by atoms with Gasteiger partial charge in [0.2, 0.25) is 5.91 Å². The fourth-order valence-electron chi connectivity index (χ4n) is 2.36. The molecular formula is C15H16F3NO. The van der Waals surface area contributed by atoms with Crippen molar-refractivity contribution >= 4 is 12.0 Å².